The van der Waals surface area contributed by atoms with Gasteiger partial charge in [0.2, 0.25) is 0 Å². The summed E-state index contributed by atoms with van der Waals surface area (Å²) in [6, 6.07) is 0. The Morgan fingerprint density at radius 2 is 1.23 bits per heavy atom. The van der Waals surface area contributed by atoms with Crippen molar-refractivity contribution < 1.29 is 81.7 Å². The van der Waals surface area contributed by atoms with Crippen LogP contribution in [-0.2, 0) is 46.6 Å². The van der Waals surface area contributed by atoms with Crippen molar-refractivity contribution in [1.82, 2.24) is 0 Å². The minimum absolute atomic E-state index is 0.0179. The van der Waals surface area contributed by atoms with Gasteiger partial charge in [0.25, 0.3) is 0 Å². The molecule has 60 heavy (non-hydrogen) atoms. The van der Waals surface area contributed by atoms with Crippen LogP contribution in [0.2, 0.25) is 0 Å². The van der Waals surface area contributed by atoms with E-state index in [-0.39, 0.29) is 44.3 Å². The maximum absolute atomic E-state index is 12.9. The molecule has 0 spiro atoms. The lowest BCUT2D eigenvalue weighted by Gasteiger charge is -2.21. The summed E-state index contributed by atoms with van der Waals surface area (Å²) in [6.07, 6.45) is 12.9. The van der Waals surface area contributed by atoms with Crippen molar-refractivity contribution in [3.63, 3.8) is 0 Å². The van der Waals surface area contributed by atoms with E-state index >= 15 is 0 Å². The number of aliphatic hydroxyl groups excluding tert-OH is 4. The minimum Gasteiger partial charge on any atom is -0.462 e. The molecule has 7 N–H and O–H groups in total. The van der Waals surface area contributed by atoms with Gasteiger partial charge in [-0.25, -0.2) is 9.13 Å². The first-order valence-electron chi connectivity index (χ1n) is 21.9. The molecule has 0 heterocycles. The number of phosphoric acid groups is 2. The van der Waals surface area contributed by atoms with Crippen LogP contribution < -0.4 is 0 Å². The summed E-state index contributed by atoms with van der Waals surface area (Å²) in [6.45, 7) is 3.48. The fourth-order valence-corrected chi connectivity index (χ4v) is 8.04. The number of ketones is 1. The van der Waals surface area contributed by atoms with E-state index in [9.17, 15) is 48.8 Å². The Morgan fingerprint density at radius 1 is 0.683 bits per heavy atom. The summed E-state index contributed by atoms with van der Waals surface area (Å²) < 4.78 is 47.6. The second-order valence-corrected chi connectivity index (χ2v) is 19.1. The van der Waals surface area contributed by atoms with Crippen molar-refractivity contribution in [2.24, 2.45) is 17.8 Å². The molecule has 1 unspecified atom stereocenters. The van der Waals surface area contributed by atoms with Crippen molar-refractivity contribution >= 4 is 33.4 Å². The van der Waals surface area contributed by atoms with E-state index in [0.29, 0.717) is 19.3 Å². The van der Waals surface area contributed by atoms with Gasteiger partial charge in [0, 0.05) is 43.9 Å². The molecule has 1 aliphatic rings. The first-order chi connectivity index (χ1) is 28.3. The number of unbranched alkanes of at least 4 members (excludes halogenated alkanes) is 11. The molecule has 8 atom stereocenters. The zero-order chi connectivity index (χ0) is 45.0. The number of carbonyl (C=O) groups is 3. The van der Waals surface area contributed by atoms with Crippen LogP contribution in [0.25, 0.3) is 0 Å². The Hall–Kier alpha value is -1.59. The monoisotopic (exact) mass is 902 g/mol. The van der Waals surface area contributed by atoms with Crippen LogP contribution in [0.15, 0.2) is 12.2 Å². The molecule has 0 aliphatic heterocycles. The van der Waals surface area contributed by atoms with Crippen molar-refractivity contribution in [2.75, 3.05) is 26.4 Å². The molecule has 0 radical (unpaired) electrons. The molecule has 0 amide bonds. The van der Waals surface area contributed by atoms with Gasteiger partial charge < -0.3 is 44.6 Å². The van der Waals surface area contributed by atoms with Gasteiger partial charge in [-0.05, 0) is 31.6 Å². The van der Waals surface area contributed by atoms with Crippen LogP contribution in [0.1, 0.15) is 156 Å². The number of Topliss-reactive ketones (excluding diaryl/α,β-unsaturated/α-hetero) is 1. The molecule has 0 saturated heterocycles. The smallest absolute Gasteiger partial charge is 0.462 e. The lowest BCUT2D eigenvalue weighted by molar-refractivity contribution is -0.161. The maximum Gasteiger partial charge on any atom is 0.472 e. The second kappa shape index (κ2) is 32.1. The number of rotatable bonds is 37. The highest BCUT2D eigenvalue weighted by Gasteiger charge is 2.41. The van der Waals surface area contributed by atoms with E-state index < -0.39 is 96.4 Å². The zero-order valence-electron chi connectivity index (χ0n) is 36.1. The summed E-state index contributed by atoms with van der Waals surface area (Å²) in [4.78, 5) is 65.7. The molecular formula is C41H76O17P2. The molecule has 17 nitrogen and oxygen atoms in total. The van der Waals surface area contributed by atoms with E-state index in [0.717, 1.165) is 50.9 Å². The third kappa shape index (κ3) is 29.7. The average Bonchev–Trinajstić information content (AvgIpc) is 3.43. The minimum atomic E-state index is -4.91. The van der Waals surface area contributed by atoms with Gasteiger partial charge in [0.05, 0.1) is 38.1 Å². The number of hydrogen-bond acceptors (Lipinski definition) is 14. The number of hydrogen-bond donors (Lipinski definition) is 7. The Kier molecular flexibility index (Phi) is 30.2. The fourth-order valence-electron chi connectivity index (χ4n) is 6.88. The number of phosphoric ester groups is 2. The van der Waals surface area contributed by atoms with Gasteiger partial charge in [0.1, 0.15) is 18.5 Å². The third-order valence-electron chi connectivity index (χ3n) is 10.3. The topological polar surface area (TPSA) is 273 Å². The fraction of sp³-hybridized carbons (Fsp3) is 0.878. The molecule has 0 aromatic carbocycles. The summed E-state index contributed by atoms with van der Waals surface area (Å²) in [7, 11) is -9.82. The van der Waals surface area contributed by atoms with Gasteiger partial charge in [-0.3, -0.25) is 28.0 Å². The Balaban J connectivity index is 2.61. The molecule has 0 aromatic heterocycles. The predicted molar refractivity (Wildman–Crippen MR) is 223 cm³/mol. The van der Waals surface area contributed by atoms with E-state index in [1.165, 1.54) is 32.1 Å². The Bertz CT molecular complexity index is 1310. The molecule has 1 saturated carbocycles. The lowest BCUT2D eigenvalue weighted by Crippen LogP contribution is -2.30. The van der Waals surface area contributed by atoms with Crippen molar-refractivity contribution in [1.29, 1.82) is 0 Å². The second-order valence-electron chi connectivity index (χ2n) is 16.4. The lowest BCUT2D eigenvalue weighted by atomic mass is 9.87. The highest BCUT2D eigenvalue weighted by molar-refractivity contribution is 7.47. The van der Waals surface area contributed by atoms with Gasteiger partial charge in [-0.2, -0.15) is 0 Å². The summed E-state index contributed by atoms with van der Waals surface area (Å²) in [5, 5.41) is 41.1. The molecular weight excluding hydrogens is 826 g/mol. The zero-order valence-corrected chi connectivity index (χ0v) is 37.8. The predicted octanol–water partition coefficient (Wildman–Crippen LogP) is 6.37. The molecule has 352 valence electrons. The number of ether oxygens (including phenoxy) is 2. The first kappa shape index (κ1) is 56.4. The van der Waals surface area contributed by atoms with Crippen LogP contribution in [0.5, 0.6) is 0 Å². The normalized spacial score (nSPS) is 20.9. The standard InChI is InChI=1S/C41H76O17P2/c1-4-5-13-19-32(42)23-24-36-37(39(46)26-38(36)45)25-33(43)20-16-17-22-41(48)58-35(30-57-60(52,53)56-28-34(44)27-55-59(49,50)51)29-54-40(47)21-15-12-10-8-6-7-9-11-14-18-31(2)3/h23-24,31-32,34-39,42,44-46H,4-22,25-30H2,1-3H3,(H,52,53)(H2,49,50,51)/b24-23+/t32-,34-,35+,36+,37+,38+,39-/m0/s1. The number of aliphatic hydroxyl groups is 4. The van der Waals surface area contributed by atoms with E-state index in [1.54, 1.807) is 12.2 Å². The van der Waals surface area contributed by atoms with Crippen molar-refractivity contribution in [2.45, 2.75) is 186 Å². The highest BCUT2D eigenvalue weighted by Crippen LogP contribution is 2.44. The number of esters is 2. The third-order valence-corrected chi connectivity index (χ3v) is 11.7. The van der Waals surface area contributed by atoms with E-state index in [4.69, 9.17) is 23.8 Å². The SMILES string of the molecule is CCCCC[C@H](O)/C=C/[C@@H]1[C@@H](CC(=O)CCCCC(=O)O[C@H](COC(=O)CCCCCCCCCCCC(C)C)COP(=O)(O)OC[C@@H](O)COP(=O)(O)O)[C@@H](O)C[C@H]1O. The molecule has 1 rings (SSSR count). The van der Waals surface area contributed by atoms with E-state index in [1.807, 2.05) is 0 Å². The van der Waals surface area contributed by atoms with Gasteiger partial charge in [0.15, 0.2) is 6.10 Å². The van der Waals surface area contributed by atoms with Crippen LogP contribution in [-0.4, -0.2) is 110 Å². The number of carbonyl (C=O) groups excluding carboxylic acids is 3. The van der Waals surface area contributed by atoms with Crippen LogP contribution in [0.3, 0.4) is 0 Å². The van der Waals surface area contributed by atoms with Gasteiger partial charge in [-0.1, -0.05) is 110 Å². The largest absolute Gasteiger partial charge is 0.472 e. The van der Waals surface area contributed by atoms with Gasteiger partial charge in [-0.15, -0.1) is 0 Å². The highest BCUT2D eigenvalue weighted by atomic mass is 31.2. The molecule has 1 fully saturated rings. The molecule has 0 bridgehead atoms. The quantitative estimate of drug-likeness (QED) is 0.0154. The van der Waals surface area contributed by atoms with Crippen LogP contribution in [0, 0.1) is 17.8 Å². The molecule has 1 aliphatic carbocycles. The van der Waals surface area contributed by atoms with E-state index in [2.05, 4.69) is 29.8 Å². The van der Waals surface area contributed by atoms with Crippen LogP contribution in [0.4, 0.5) is 0 Å². The summed E-state index contributed by atoms with van der Waals surface area (Å²) in [5.74, 6) is -1.74. The molecule has 19 heteroatoms. The summed E-state index contributed by atoms with van der Waals surface area (Å²) in [5.41, 5.74) is 0. The Morgan fingerprint density at radius 3 is 1.87 bits per heavy atom. The van der Waals surface area contributed by atoms with Crippen LogP contribution >= 0.6 is 15.6 Å². The average molecular weight is 903 g/mol. The first-order valence-corrected chi connectivity index (χ1v) is 24.9. The Labute approximate surface area is 356 Å². The maximum atomic E-state index is 12.9. The van der Waals surface area contributed by atoms with Gasteiger partial charge >= 0.3 is 27.6 Å². The summed E-state index contributed by atoms with van der Waals surface area (Å²) >= 11 is 0. The van der Waals surface area contributed by atoms with Crippen molar-refractivity contribution in [3.8, 4) is 0 Å². The molecule has 0 aromatic rings. The van der Waals surface area contributed by atoms with Crippen molar-refractivity contribution in [3.05, 3.63) is 12.2 Å².